The third kappa shape index (κ3) is 3.42. The zero-order valence-corrected chi connectivity index (χ0v) is 13.6. The Bertz CT molecular complexity index is 449. The summed E-state index contributed by atoms with van der Waals surface area (Å²) in [6.07, 6.45) is 8.23. The first-order valence-electron chi connectivity index (χ1n) is 8.84. The monoisotopic (exact) mass is 286 g/mol. The van der Waals surface area contributed by atoms with Crippen molar-refractivity contribution >= 4 is 5.69 Å². The largest absolute Gasteiger partial charge is 0.382 e. The molecule has 21 heavy (non-hydrogen) atoms. The van der Waals surface area contributed by atoms with E-state index in [1.165, 1.54) is 56.3 Å². The highest BCUT2D eigenvalue weighted by molar-refractivity contribution is 5.53. The van der Waals surface area contributed by atoms with Crippen LogP contribution in [-0.4, -0.2) is 18.6 Å². The molecule has 3 unspecified atom stereocenters. The van der Waals surface area contributed by atoms with E-state index in [2.05, 4.69) is 48.7 Å². The van der Waals surface area contributed by atoms with Crippen molar-refractivity contribution in [2.45, 2.75) is 70.4 Å². The van der Waals surface area contributed by atoms with E-state index in [9.17, 15) is 0 Å². The molecule has 116 valence electrons. The number of piperidine rings is 1. The second-order valence-electron chi connectivity index (χ2n) is 7.14. The lowest BCUT2D eigenvalue weighted by Gasteiger charge is -2.34. The number of benzene rings is 1. The van der Waals surface area contributed by atoms with Crippen molar-refractivity contribution in [3.63, 3.8) is 0 Å². The van der Waals surface area contributed by atoms with Crippen LogP contribution in [0.4, 0.5) is 5.69 Å². The van der Waals surface area contributed by atoms with Crippen molar-refractivity contribution in [3.05, 3.63) is 29.8 Å². The summed E-state index contributed by atoms with van der Waals surface area (Å²) in [5.74, 6) is 1.40. The summed E-state index contributed by atoms with van der Waals surface area (Å²) in [5, 5.41) is 7.67. The van der Waals surface area contributed by atoms with E-state index in [1.54, 1.807) is 0 Å². The van der Waals surface area contributed by atoms with E-state index in [1.807, 2.05) is 0 Å². The van der Waals surface area contributed by atoms with Gasteiger partial charge in [0.25, 0.3) is 0 Å². The van der Waals surface area contributed by atoms with Crippen LogP contribution in [0.2, 0.25) is 0 Å². The van der Waals surface area contributed by atoms with Gasteiger partial charge in [-0.1, -0.05) is 44.9 Å². The number of rotatable bonds is 4. The molecule has 1 aromatic carbocycles. The van der Waals surface area contributed by atoms with Gasteiger partial charge in [-0.05, 0) is 55.7 Å². The first-order valence-corrected chi connectivity index (χ1v) is 8.84. The summed E-state index contributed by atoms with van der Waals surface area (Å²) in [6, 6.07) is 10.3. The van der Waals surface area contributed by atoms with Crippen LogP contribution < -0.4 is 10.6 Å². The van der Waals surface area contributed by atoms with Gasteiger partial charge in [-0.3, -0.25) is 0 Å². The number of para-hydroxylation sites is 1. The molecule has 2 aliphatic rings. The molecular formula is C19H30N2. The van der Waals surface area contributed by atoms with Gasteiger partial charge >= 0.3 is 0 Å². The molecule has 2 N–H and O–H groups in total. The highest BCUT2D eigenvalue weighted by atomic mass is 15.0. The molecule has 1 saturated heterocycles. The quantitative estimate of drug-likeness (QED) is 0.849. The van der Waals surface area contributed by atoms with Crippen LogP contribution in [0, 0.1) is 5.92 Å². The van der Waals surface area contributed by atoms with E-state index < -0.39 is 0 Å². The van der Waals surface area contributed by atoms with Crippen molar-refractivity contribution in [2.75, 3.05) is 11.9 Å². The molecule has 0 spiro atoms. The van der Waals surface area contributed by atoms with Crippen LogP contribution in [0.15, 0.2) is 24.3 Å². The van der Waals surface area contributed by atoms with E-state index in [-0.39, 0.29) is 0 Å². The minimum atomic E-state index is 0.585. The molecule has 0 bridgehead atoms. The van der Waals surface area contributed by atoms with Crippen molar-refractivity contribution in [3.8, 4) is 0 Å². The van der Waals surface area contributed by atoms with E-state index >= 15 is 0 Å². The Morgan fingerprint density at radius 1 is 1.05 bits per heavy atom. The first-order chi connectivity index (χ1) is 10.3. The van der Waals surface area contributed by atoms with E-state index in [0.29, 0.717) is 12.0 Å². The van der Waals surface area contributed by atoms with Crippen LogP contribution >= 0.6 is 0 Å². The molecule has 0 amide bonds. The molecule has 2 fully saturated rings. The van der Waals surface area contributed by atoms with Gasteiger partial charge in [0.2, 0.25) is 0 Å². The summed E-state index contributed by atoms with van der Waals surface area (Å²) >= 11 is 0. The first kappa shape index (κ1) is 14.9. The SMILES string of the molecule is CC(C)c1ccccc1NC1CCCC1C1CCCCN1. The lowest BCUT2D eigenvalue weighted by atomic mass is 9.88. The summed E-state index contributed by atoms with van der Waals surface area (Å²) < 4.78 is 0. The fraction of sp³-hybridized carbons (Fsp3) is 0.684. The number of hydrogen-bond donors (Lipinski definition) is 2. The molecule has 1 aromatic rings. The normalized spacial score (nSPS) is 29.8. The predicted molar refractivity (Wildman–Crippen MR) is 90.9 cm³/mol. The van der Waals surface area contributed by atoms with Crippen LogP contribution in [-0.2, 0) is 0 Å². The third-order valence-corrected chi connectivity index (χ3v) is 5.36. The number of hydrogen-bond acceptors (Lipinski definition) is 2. The minimum absolute atomic E-state index is 0.585. The van der Waals surface area contributed by atoms with Gasteiger partial charge in [0.15, 0.2) is 0 Å². The average molecular weight is 286 g/mol. The average Bonchev–Trinajstić information content (AvgIpc) is 2.96. The van der Waals surface area contributed by atoms with Gasteiger partial charge < -0.3 is 10.6 Å². The van der Waals surface area contributed by atoms with Gasteiger partial charge in [-0.15, -0.1) is 0 Å². The van der Waals surface area contributed by atoms with Gasteiger partial charge in [-0.2, -0.15) is 0 Å². The lowest BCUT2D eigenvalue weighted by molar-refractivity contribution is 0.286. The number of nitrogens with one attached hydrogen (secondary N) is 2. The molecule has 3 atom stereocenters. The summed E-state index contributed by atoms with van der Waals surface area (Å²) in [4.78, 5) is 0. The molecular weight excluding hydrogens is 256 g/mol. The molecule has 2 nitrogen and oxygen atoms in total. The molecule has 1 heterocycles. The van der Waals surface area contributed by atoms with Gasteiger partial charge in [-0.25, -0.2) is 0 Å². The Balaban J connectivity index is 1.71. The van der Waals surface area contributed by atoms with Gasteiger partial charge in [0, 0.05) is 17.8 Å². The maximum Gasteiger partial charge on any atom is 0.0377 e. The summed E-state index contributed by atoms with van der Waals surface area (Å²) in [5.41, 5.74) is 2.82. The van der Waals surface area contributed by atoms with Gasteiger partial charge in [0.05, 0.1) is 0 Å². The van der Waals surface area contributed by atoms with Crippen LogP contribution in [0.5, 0.6) is 0 Å². The molecule has 0 radical (unpaired) electrons. The van der Waals surface area contributed by atoms with Crippen LogP contribution in [0.3, 0.4) is 0 Å². The Morgan fingerprint density at radius 2 is 1.90 bits per heavy atom. The van der Waals surface area contributed by atoms with E-state index in [0.717, 1.165) is 12.0 Å². The molecule has 1 aliphatic carbocycles. The van der Waals surface area contributed by atoms with Crippen LogP contribution in [0.25, 0.3) is 0 Å². The Hall–Kier alpha value is -1.02. The maximum atomic E-state index is 3.90. The summed E-state index contributed by atoms with van der Waals surface area (Å²) in [6.45, 7) is 5.79. The van der Waals surface area contributed by atoms with Gasteiger partial charge in [0.1, 0.15) is 0 Å². The zero-order chi connectivity index (χ0) is 14.7. The van der Waals surface area contributed by atoms with Crippen molar-refractivity contribution in [2.24, 2.45) is 5.92 Å². The maximum absolute atomic E-state index is 3.90. The number of anilines is 1. The molecule has 1 aliphatic heterocycles. The molecule has 0 aromatic heterocycles. The Morgan fingerprint density at radius 3 is 2.67 bits per heavy atom. The molecule has 1 saturated carbocycles. The molecule has 3 rings (SSSR count). The minimum Gasteiger partial charge on any atom is -0.382 e. The highest BCUT2D eigenvalue weighted by Crippen LogP contribution is 2.35. The lowest BCUT2D eigenvalue weighted by Crippen LogP contribution is -2.44. The van der Waals surface area contributed by atoms with Crippen LogP contribution in [0.1, 0.15) is 63.9 Å². The molecule has 2 heteroatoms. The van der Waals surface area contributed by atoms with E-state index in [4.69, 9.17) is 0 Å². The third-order valence-electron chi connectivity index (χ3n) is 5.36. The second kappa shape index (κ2) is 6.83. The zero-order valence-electron chi connectivity index (χ0n) is 13.6. The Kier molecular flexibility index (Phi) is 4.84. The highest BCUT2D eigenvalue weighted by Gasteiger charge is 2.34. The predicted octanol–water partition coefficient (Wildman–Crippen LogP) is 4.53. The topological polar surface area (TPSA) is 24.1 Å². The van der Waals surface area contributed by atoms with Crippen molar-refractivity contribution < 1.29 is 0 Å². The smallest absolute Gasteiger partial charge is 0.0377 e. The Labute approximate surface area is 129 Å². The van der Waals surface area contributed by atoms with Crippen molar-refractivity contribution in [1.82, 2.24) is 5.32 Å². The fourth-order valence-corrected chi connectivity index (χ4v) is 4.23. The summed E-state index contributed by atoms with van der Waals surface area (Å²) in [7, 11) is 0. The fourth-order valence-electron chi connectivity index (χ4n) is 4.23. The standard InChI is InChI=1S/C19H30N2/c1-14(2)15-8-3-4-11-18(15)21-19-12-7-9-16(19)17-10-5-6-13-20-17/h3-4,8,11,14,16-17,19-21H,5-7,9-10,12-13H2,1-2H3. The second-order valence-corrected chi connectivity index (χ2v) is 7.14. The van der Waals surface area contributed by atoms with Crippen molar-refractivity contribution in [1.29, 1.82) is 0 Å².